The number of ether oxygens (including phenoxy) is 1. The molecule has 2 heteroatoms. The van der Waals surface area contributed by atoms with Crippen molar-refractivity contribution >= 4 is 12.6 Å². The minimum atomic E-state index is 0.262. The molecule has 1 nitrogen and oxygen atoms in total. The number of hydrogen-bond donors (Lipinski definition) is 1. The molecule has 2 atom stereocenters. The third kappa shape index (κ3) is 0.996. The van der Waals surface area contributed by atoms with Gasteiger partial charge in [0.1, 0.15) is 6.10 Å². The van der Waals surface area contributed by atoms with Crippen molar-refractivity contribution in [1.29, 1.82) is 0 Å². The smallest absolute Gasteiger partial charge is 0.111 e. The quantitative estimate of drug-likeness (QED) is 0.490. The Balaban J connectivity index is 2.56. The topological polar surface area (TPSA) is 9.23 Å². The fourth-order valence-corrected chi connectivity index (χ4v) is 1.05. The lowest BCUT2D eigenvalue weighted by Gasteiger charge is -2.07. The minimum Gasteiger partial charge on any atom is -0.494 e. The van der Waals surface area contributed by atoms with E-state index < -0.39 is 0 Å². The van der Waals surface area contributed by atoms with Gasteiger partial charge in [-0.1, -0.05) is 0 Å². The van der Waals surface area contributed by atoms with E-state index >= 15 is 0 Å². The molecule has 0 spiro atoms. The van der Waals surface area contributed by atoms with Crippen LogP contribution < -0.4 is 0 Å². The molecule has 0 N–H and O–H groups in total. The summed E-state index contributed by atoms with van der Waals surface area (Å²) in [6, 6.07) is 0. The molecule has 0 aromatic rings. The highest BCUT2D eigenvalue weighted by Gasteiger charge is 2.18. The Morgan fingerprint density at radius 1 is 1.75 bits per heavy atom. The first-order valence-electron chi connectivity index (χ1n) is 2.73. The Morgan fingerprint density at radius 2 is 2.38 bits per heavy atom. The summed E-state index contributed by atoms with van der Waals surface area (Å²) >= 11 is 4.25. The zero-order valence-electron chi connectivity index (χ0n) is 5.09. The number of thiol groups is 1. The maximum atomic E-state index is 5.26. The van der Waals surface area contributed by atoms with Crippen molar-refractivity contribution in [2.45, 2.75) is 25.2 Å². The van der Waals surface area contributed by atoms with E-state index in [0.717, 1.165) is 5.76 Å². The minimum absolute atomic E-state index is 0.262. The average molecular weight is 130 g/mol. The summed E-state index contributed by atoms with van der Waals surface area (Å²) in [5.74, 6) is 0.998. The van der Waals surface area contributed by atoms with Crippen LogP contribution >= 0.6 is 12.6 Å². The molecule has 0 aromatic carbocycles. The third-order valence-electron chi connectivity index (χ3n) is 1.26. The Morgan fingerprint density at radius 3 is 2.50 bits per heavy atom. The molecule has 8 heavy (non-hydrogen) atoms. The molecule has 0 fully saturated rings. The van der Waals surface area contributed by atoms with E-state index in [0.29, 0.717) is 5.25 Å². The van der Waals surface area contributed by atoms with Crippen LogP contribution in [0.1, 0.15) is 13.8 Å². The van der Waals surface area contributed by atoms with Gasteiger partial charge in [-0.2, -0.15) is 12.6 Å². The molecule has 0 aliphatic carbocycles. The first-order valence-corrected chi connectivity index (χ1v) is 3.25. The lowest BCUT2D eigenvalue weighted by Crippen LogP contribution is -2.10. The van der Waals surface area contributed by atoms with Gasteiger partial charge in [-0.25, -0.2) is 0 Å². The standard InChI is InChI=1S/C6H10OS/c1-4-3-6(8)5(2)7-4/h3,5-6,8H,1-2H3. The molecule has 1 aliphatic heterocycles. The van der Waals surface area contributed by atoms with E-state index in [-0.39, 0.29) is 6.10 Å². The maximum Gasteiger partial charge on any atom is 0.111 e. The summed E-state index contributed by atoms with van der Waals surface area (Å²) < 4.78 is 5.26. The van der Waals surface area contributed by atoms with Gasteiger partial charge in [0.25, 0.3) is 0 Å². The van der Waals surface area contributed by atoms with Crippen LogP contribution in [0.15, 0.2) is 11.8 Å². The highest BCUT2D eigenvalue weighted by Crippen LogP contribution is 2.20. The summed E-state index contributed by atoms with van der Waals surface area (Å²) in [7, 11) is 0. The van der Waals surface area contributed by atoms with Gasteiger partial charge in [-0.15, -0.1) is 0 Å². The molecular formula is C6H10OS. The first kappa shape index (κ1) is 6.02. The molecular weight excluding hydrogens is 120 g/mol. The van der Waals surface area contributed by atoms with E-state index in [1.165, 1.54) is 0 Å². The summed E-state index contributed by atoms with van der Waals surface area (Å²) in [5, 5.41) is 0.301. The van der Waals surface area contributed by atoms with Crippen LogP contribution in [0.5, 0.6) is 0 Å². The molecule has 0 saturated heterocycles. The van der Waals surface area contributed by atoms with E-state index in [9.17, 15) is 0 Å². The average Bonchev–Trinajstić information content (AvgIpc) is 1.85. The molecule has 46 valence electrons. The molecule has 1 rings (SSSR count). The zero-order chi connectivity index (χ0) is 6.15. The lowest BCUT2D eigenvalue weighted by atomic mass is 10.3. The van der Waals surface area contributed by atoms with E-state index in [2.05, 4.69) is 12.6 Å². The predicted molar refractivity (Wildman–Crippen MR) is 37.1 cm³/mol. The van der Waals surface area contributed by atoms with Gasteiger partial charge in [0.2, 0.25) is 0 Å². The molecule has 0 radical (unpaired) electrons. The zero-order valence-corrected chi connectivity index (χ0v) is 5.98. The summed E-state index contributed by atoms with van der Waals surface area (Å²) in [4.78, 5) is 0. The summed E-state index contributed by atoms with van der Waals surface area (Å²) in [6.45, 7) is 3.97. The molecule has 0 amide bonds. The van der Waals surface area contributed by atoms with Gasteiger partial charge in [0.05, 0.1) is 11.0 Å². The molecule has 2 unspecified atom stereocenters. The molecule has 1 heterocycles. The van der Waals surface area contributed by atoms with Crippen LogP contribution in [-0.4, -0.2) is 11.4 Å². The number of allylic oxidation sites excluding steroid dienone is 1. The van der Waals surface area contributed by atoms with Crippen LogP contribution in [0.3, 0.4) is 0 Å². The van der Waals surface area contributed by atoms with Crippen LogP contribution in [0.2, 0.25) is 0 Å². The summed E-state index contributed by atoms with van der Waals surface area (Å²) in [5.41, 5.74) is 0. The fraction of sp³-hybridized carbons (Fsp3) is 0.667. The lowest BCUT2D eigenvalue weighted by molar-refractivity contribution is 0.165. The van der Waals surface area contributed by atoms with Gasteiger partial charge in [-0.05, 0) is 19.9 Å². The number of hydrogen-bond acceptors (Lipinski definition) is 2. The maximum absolute atomic E-state index is 5.26. The van der Waals surface area contributed by atoms with E-state index in [1.54, 1.807) is 0 Å². The van der Waals surface area contributed by atoms with E-state index in [4.69, 9.17) is 4.74 Å². The van der Waals surface area contributed by atoms with Crippen LogP contribution in [0.25, 0.3) is 0 Å². The van der Waals surface area contributed by atoms with Crippen molar-refractivity contribution in [3.8, 4) is 0 Å². The SMILES string of the molecule is CC1=CC(S)C(C)O1. The van der Waals surface area contributed by atoms with Crippen molar-refractivity contribution in [3.05, 3.63) is 11.8 Å². The molecule has 1 aliphatic rings. The molecule has 0 saturated carbocycles. The summed E-state index contributed by atoms with van der Waals surface area (Å²) in [6.07, 6.45) is 2.28. The van der Waals surface area contributed by atoms with Gasteiger partial charge in [0, 0.05) is 0 Å². The van der Waals surface area contributed by atoms with Crippen LogP contribution in [-0.2, 0) is 4.74 Å². The monoisotopic (exact) mass is 130 g/mol. The van der Waals surface area contributed by atoms with Crippen LogP contribution in [0.4, 0.5) is 0 Å². The van der Waals surface area contributed by atoms with Gasteiger partial charge in [-0.3, -0.25) is 0 Å². The second kappa shape index (κ2) is 2.02. The molecule has 0 bridgehead atoms. The van der Waals surface area contributed by atoms with Crippen molar-refractivity contribution in [2.75, 3.05) is 0 Å². The van der Waals surface area contributed by atoms with Crippen LogP contribution in [0, 0.1) is 0 Å². The Kier molecular flexibility index (Phi) is 1.52. The fourth-order valence-electron chi connectivity index (χ4n) is 0.778. The highest BCUT2D eigenvalue weighted by atomic mass is 32.1. The molecule has 0 aromatic heterocycles. The Hall–Kier alpha value is -0.110. The predicted octanol–water partition coefficient (Wildman–Crippen LogP) is 1.61. The van der Waals surface area contributed by atoms with Crippen molar-refractivity contribution in [3.63, 3.8) is 0 Å². The second-order valence-electron chi connectivity index (χ2n) is 2.09. The largest absolute Gasteiger partial charge is 0.494 e. The van der Waals surface area contributed by atoms with Gasteiger partial charge >= 0.3 is 0 Å². The van der Waals surface area contributed by atoms with Crippen molar-refractivity contribution < 1.29 is 4.74 Å². The van der Waals surface area contributed by atoms with Gasteiger partial charge < -0.3 is 4.74 Å². The van der Waals surface area contributed by atoms with Crippen molar-refractivity contribution in [1.82, 2.24) is 0 Å². The Labute approximate surface area is 55.1 Å². The van der Waals surface area contributed by atoms with Gasteiger partial charge in [0.15, 0.2) is 0 Å². The second-order valence-corrected chi connectivity index (χ2v) is 2.69. The Bertz CT molecular complexity index is 120. The number of rotatable bonds is 0. The highest BCUT2D eigenvalue weighted by molar-refractivity contribution is 7.81. The van der Waals surface area contributed by atoms with E-state index in [1.807, 2.05) is 19.9 Å². The third-order valence-corrected chi connectivity index (χ3v) is 1.83. The van der Waals surface area contributed by atoms with Crippen molar-refractivity contribution in [2.24, 2.45) is 0 Å². The first-order chi connectivity index (χ1) is 3.70. The normalized spacial score (nSPS) is 36.6.